The number of para-hydroxylation sites is 1. The fraction of sp³-hybridized carbons (Fsp3) is 0.273. The van der Waals surface area contributed by atoms with E-state index < -0.39 is 0 Å². The zero-order valence-electron chi connectivity index (χ0n) is 16.3. The molecule has 2 aromatic heterocycles. The minimum absolute atomic E-state index is 0.0486. The number of aryl methyl sites for hydroxylation is 1. The number of ether oxygens (including phenoxy) is 1. The van der Waals surface area contributed by atoms with Crippen LogP contribution in [0.3, 0.4) is 0 Å². The molecule has 1 saturated heterocycles. The van der Waals surface area contributed by atoms with Gasteiger partial charge in [0.15, 0.2) is 0 Å². The number of aromatic nitrogens is 3. The molecule has 0 spiro atoms. The van der Waals surface area contributed by atoms with E-state index in [9.17, 15) is 4.79 Å². The van der Waals surface area contributed by atoms with Crippen LogP contribution in [0.2, 0.25) is 0 Å². The molecule has 2 N–H and O–H groups in total. The van der Waals surface area contributed by atoms with Crippen LogP contribution in [0.1, 0.15) is 40.4 Å². The molecule has 0 aliphatic carbocycles. The van der Waals surface area contributed by atoms with E-state index in [0.29, 0.717) is 30.4 Å². The lowest BCUT2D eigenvalue weighted by Gasteiger charge is -2.32. The molecule has 7 nitrogen and oxygen atoms in total. The number of nitrogens with zero attached hydrogens (tertiary/aromatic N) is 4. The number of likely N-dealkylation sites (tertiary alicyclic amines) is 1. The molecule has 0 bridgehead atoms. The Bertz CT molecular complexity index is 1010. The minimum atomic E-state index is -0.0486. The first kappa shape index (κ1) is 18.9. The maximum Gasteiger partial charge on any atom is 0.255 e. The zero-order valence-corrected chi connectivity index (χ0v) is 16.3. The molecule has 3 heterocycles. The van der Waals surface area contributed by atoms with Gasteiger partial charge in [0, 0.05) is 37.6 Å². The molecule has 1 aliphatic heterocycles. The summed E-state index contributed by atoms with van der Waals surface area (Å²) in [5.74, 6) is 1.66. The van der Waals surface area contributed by atoms with Crippen LogP contribution in [0.4, 0.5) is 5.82 Å². The second-order valence-corrected chi connectivity index (χ2v) is 7.18. The summed E-state index contributed by atoms with van der Waals surface area (Å²) in [6.45, 7) is 3.26. The third kappa shape index (κ3) is 4.18. The van der Waals surface area contributed by atoms with Gasteiger partial charge in [-0.1, -0.05) is 18.2 Å². The molecular weight excluding hydrogens is 366 g/mol. The number of hydrogen-bond donors (Lipinski definition) is 1. The van der Waals surface area contributed by atoms with E-state index in [0.717, 1.165) is 29.8 Å². The molecule has 3 aromatic rings. The average molecular weight is 389 g/mol. The highest BCUT2D eigenvalue weighted by atomic mass is 16.5. The zero-order chi connectivity index (χ0) is 20.2. The number of amides is 1. The van der Waals surface area contributed by atoms with Gasteiger partial charge in [-0.05, 0) is 43.5 Å². The van der Waals surface area contributed by atoms with Crippen LogP contribution in [-0.4, -0.2) is 38.8 Å². The van der Waals surface area contributed by atoms with E-state index in [2.05, 4.69) is 15.0 Å². The van der Waals surface area contributed by atoms with Gasteiger partial charge in [0.05, 0.1) is 5.56 Å². The molecule has 1 amide bonds. The number of anilines is 1. The Balaban J connectivity index is 1.55. The van der Waals surface area contributed by atoms with E-state index in [1.54, 1.807) is 24.5 Å². The molecule has 0 saturated carbocycles. The smallest absolute Gasteiger partial charge is 0.255 e. The van der Waals surface area contributed by atoms with Gasteiger partial charge in [-0.2, -0.15) is 0 Å². The van der Waals surface area contributed by atoms with Gasteiger partial charge in [0.1, 0.15) is 17.3 Å². The minimum Gasteiger partial charge on any atom is -0.437 e. The van der Waals surface area contributed by atoms with Crippen LogP contribution in [-0.2, 0) is 0 Å². The summed E-state index contributed by atoms with van der Waals surface area (Å²) in [5.41, 5.74) is 7.98. The Morgan fingerprint density at radius 1 is 1.14 bits per heavy atom. The SMILES string of the molecule is Cc1ccccc1Oc1nccnc1C1CCCN(C(=O)c2ccc(N)nc2)C1. The molecule has 0 radical (unpaired) electrons. The molecule has 1 unspecified atom stereocenters. The number of nitrogen functional groups attached to an aromatic ring is 1. The van der Waals surface area contributed by atoms with Gasteiger partial charge < -0.3 is 15.4 Å². The first-order chi connectivity index (χ1) is 14.1. The highest BCUT2D eigenvalue weighted by molar-refractivity contribution is 5.94. The van der Waals surface area contributed by atoms with Crippen LogP contribution < -0.4 is 10.5 Å². The number of nitrogens with two attached hydrogens (primary N) is 1. The van der Waals surface area contributed by atoms with E-state index in [4.69, 9.17) is 10.5 Å². The third-order valence-electron chi connectivity index (χ3n) is 5.12. The molecule has 1 fully saturated rings. The van der Waals surface area contributed by atoms with Crippen molar-refractivity contribution in [1.29, 1.82) is 0 Å². The number of carbonyl (C=O) groups is 1. The lowest BCUT2D eigenvalue weighted by atomic mass is 9.94. The first-order valence-corrected chi connectivity index (χ1v) is 9.67. The average Bonchev–Trinajstić information content (AvgIpc) is 2.76. The number of piperidine rings is 1. The molecular formula is C22H23N5O2. The number of pyridine rings is 1. The Kier molecular flexibility index (Phi) is 5.37. The lowest BCUT2D eigenvalue weighted by Crippen LogP contribution is -2.39. The second kappa shape index (κ2) is 8.26. The monoisotopic (exact) mass is 389 g/mol. The quantitative estimate of drug-likeness (QED) is 0.733. The van der Waals surface area contributed by atoms with Crippen LogP contribution in [0.5, 0.6) is 11.6 Å². The fourth-order valence-electron chi connectivity index (χ4n) is 3.57. The largest absolute Gasteiger partial charge is 0.437 e. The first-order valence-electron chi connectivity index (χ1n) is 9.67. The fourth-order valence-corrected chi connectivity index (χ4v) is 3.57. The molecule has 4 rings (SSSR count). The molecule has 29 heavy (non-hydrogen) atoms. The Labute approximate surface area is 169 Å². The van der Waals surface area contributed by atoms with Crippen molar-refractivity contribution in [1.82, 2.24) is 19.9 Å². The summed E-state index contributed by atoms with van der Waals surface area (Å²) in [4.78, 5) is 27.7. The standard InChI is InChI=1S/C22H23N5O2/c1-15-5-2-3-7-18(15)29-21-20(24-10-11-25-21)17-6-4-12-27(14-17)22(28)16-8-9-19(23)26-13-16/h2-3,5,7-11,13,17H,4,6,12,14H2,1H3,(H2,23,26). The number of carbonyl (C=O) groups excluding carboxylic acids is 1. The van der Waals surface area contributed by atoms with Crippen molar-refractivity contribution in [2.45, 2.75) is 25.7 Å². The van der Waals surface area contributed by atoms with Crippen molar-refractivity contribution in [2.75, 3.05) is 18.8 Å². The van der Waals surface area contributed by atoms with Gasteiger partial charge in [-0.3, -0.25) is 9.78 Å². The van der Waals surface area contributed by atoms with Crippen molar-refractivity contribution in [2.24, 2.45) is 0 Å². The number of benzene rings is 1. The van der Waals surface area contributed by atoms with Crippen LogP contribution >= 0.6 is 0 Å². The van der Waals surface area contributed by atoms with Crippen molar-refractivity contribution < 1.29 is 9.53 Å². The predicted molar refractivity (Wildman–Crippen MR) is 110 cm³/mol. The summed E-state index contributed by atoms with van der Waals surface area (Å²) in [5, 5.41) is 0. The maximum atomic E-state index is 12.9. The number of rotatable bonds is 4. The van der Waals surface area contributed by atoms with Crippen LogP contribution in [0.15, 0.2) is 55.0 Å². The maximum absolute atomic E-state index is 12.9. The van der Waals surface area contributed by atoms with E-state index in [-0.39, 0.29) is 11.8 Å². The summed E-state index contributed by atoms with van der Waals surface area (Å²) in [7, 11) is 0. The van der Waals surface area contributed by atoms with E-state index >= 15 is 0 Å². The molecule has 1 aliphatic rings. The molecule has 1 atom stereocenters. The van der Waals surface area contributed by atoms with E-state index in [1.165, 1.54) is 6.20 Å². The van der Waals surface area contributed by atoms with Crippen LogP contribution in [0, 0.1) is 6.92 Å². The van der Waals surface area contributed by atoms with E-state index in [1.807, 2.05) is 36.1 Å². The van der Waals surface area contributed by atoms with Gasteiger partial charge in [0.2, 0.25) is 5.88 Å². The van der Waals surface area contributed by atoms with Gasteiger partial charge in [-0.25, -0.2) is 9.97 Å². The second-order valence-electron chi connectivity index (χ2n) is 7.18. The van der Waals surface area contributed by atoms with Gasteiger partial charge in [-0.15, -0.1) is 0 Å². The molecule has 7 heteroatoms. The predicted octanol–water partition coefficient (Wildman–Crippen LogP) is 3.57. The van der Waals surface area contributed by atoms with Crippen molar-refractivity contribution in [3.05, 3.63) is 71.8 Å². The lowest BCUT2D eigenvalue weighted by molar-refractivity contribution is 0.0704. The summed E-state index contributed by atoms with van der Waals surface area (Å²) in [6, 6.07) is 11.2. The number of hydrogen-bond acceptors (Lipinski definition) is 6. The van der Waals surface area contributed by atoms with Gasteiger partial charge >= 0.3 is 0 Å². The third-order valence-corrected chi connectivity index (χ3v) is 5.12. The Morgan fingerprint density at radius 2 is 1.97 bits per heavy atom. The molecule has 1 aromatic carbocycles. The van der Waals surface area contributed by atoms with Crippen molar-refractivity contribution >= 4 is 11.7 Å². The summed E-state index contributed by atoms with van der Waals surface area (Å²) >= 11 is 0. The van der Waals surface area contributed by atoms with Crippen LogP contribution in [0.25, 0.3) is 0 Å². The Morgan fingerprint density at radius 3 is 2.76 bits per heavy atom. The normalized spacial score (nSPS) is 16.4. The van der Waals surface area contributed by atoms with Crippen molar-refractivity contribution in [3.8, 4) is 11.6 Å². The van der Waals surface area contributed by atoms with Crippen molar-refractivity contribution in [3.63, 3.8) is 0 Å². The van der Waals surface area contributed by atoms with Gasteiger partial charge in [0.25, 0.3) is 5.91 Å². The topological polar surface area (TPSA) is 94.2 Å². The summed E-state index contributed by atoms with van der Waals surface area (Å²) < 4.78 is 6.09. The Hall–Kier alpha value is -3.48. The highest BCUT2D eigenvalue weighted by Gasteiger charge is 2.29. The summed E-state index contributed by atoms with van der Waals surface area (Å²) in [6.07, 6.45) is 6.63. The molecule has 148 valence electrons. The highest BCUT2D eigenvalue weighted by Crippen LogP contribution is 2.33.